The third kappa shape index (κ3) is 2.17. The zero-order valence-corrected chi connectivity index (χ0v) is 10.0. The van der Waals surface area contributed by atoms with Crippen LogP contribution in [0.15, 0.2) is 0 Å². The summed E-state index contributed by atoms with van der Waals surface area (Å²) in [4.78, 5) is 14.2. The molecule has 2 atom stereocenters. The molecule has 0 bridgehead atoms. The Morgan fingerprint density at radius 3 is 2.67 bits per heavy atom. The minimum Gasteiger partial charge on any atom is -0.341 e. The molecule has 0 radical (unpaired) electrons. The van der Waals surface area contributed by atoms with E-state index in [1.165, 1.54) is 6.42 Å². The molecule has 2 aliphatic rings. The van der Waals surface area contributed by atoms with Crippen molar-refractivity contribution >= 4 is 5.91 Å². The van der Waals surface area contributed by atoms with Crippen molar-refractivity contribution in [3.63, 3.8) is 0 Å². The van der Waals surface area contributed by atoms with Gasteiger partial charge < -0.3 is 10.2 Å². The molecule has 1 heterocycles. The number of hydrogen-bond donors (Lipinski definition) is 1. The molecule has 2 fully saturated rings. The Morgan fingerprint density at radius 2 is 2.13 bits per heavy atom. The standard InChI is InChI=1S/C12H22N2O/c1-12(2)7-10(12)11(15)14-6-4-5-9(8-14)13-3/h9-10,13H,4-8H2,1-3H3. The predicted molar refractivity (Wildman–Crippen MR) is 60.5 cm³/mol. The maximum absolute atomic E-state index is 12.1. The Kier molecular flexibility index (Phi) is 2.75. The van der Waals surface area contributed by atoms with Crippen molar-refractivity contribution < 1.29 is 4.79 Å². The van der Waals surface area contributed by atoms with Crippen LogP contribution in [0.5, 0.6) is 0 Å². The van der Waals surface area contributed by atoms with E-state index in [-0.39, 0.29) is 5.41 Å². The van der Waals surface area contributed by atoms with Gasteiger partial charge in [-0.05, 0) is 31.7 Å². The molecular formula is C12H22N2O. The third-order valence-electron chi connectivity index (χ3n) is 3.95. The lowest BCUT2D eigenvalue weighted by Gasteiger charge is -2.33. The van der Waals surface area contributed by atoms with Gasteiger partial charge in [0.2, 0.25) is 5.91 Å². The lowest BCUT2D eigenvalue weighted by molar-refractivity contribution is -0.134. The second kappa shape index (κ2) is 3.78. The summed E-state index contributed by atoms with van der Waals surface area (Å²) in [7, 11) is 1.99. The average molecular weight is 210 g/mol. The quantitative estimate of drug-likeness (QED) is 0.744. The summed E-state index contributed by atoms with van der Waals surface area (Å²) in [6.45, 7) is 6.25. The molecule has 1 aliphatic carbocycles. The van der Waals surface area contributed by atoms with Gasteiger partial charge in [-0.25, -0.2) is 0 Å². The van der Waals surface area contributed by atoms with Gasteiger partial charge in [-0.1, -0.05) is 13.8 Å². The minimum atomic E-state index is 0.268. The highest BCUT2D eigenvalue weighted by molar-refractivity contribution is 5.82. The van der Waals surface area contributed by atoms with E-state index in [9.17, 15) is 4.79 Å². The number of carbonyl (C=O) groups is 1. The number of hydrogen-bond acceptors (Lipinski definition) is 2. The fourth-order valence-corrected chi connectivity index (χ4v) is 2.52. The smallest absolute Gasteiger partial charge is 0.226 e. The van der Waals surface area contributed by atoms with Crippen LogP contribution < -0.4 is 5.32 Å². The minimum absolute atomic E-state index is 0.268. The molecule has 1 amide bonds. The molecular weight excluding hydrogens is 188 g/mol. The lowest BCUT2D eigenvalue weighted by Crippen LogP contribution is -2.47. The Labute approximate surface area is 92.2 Å². The summed E-state index contributed by atoms with van der Waals surface area (Å²) in [5.41, 5.74) is 0.268. The first-order valence-corrected chi connectivity index (χ1v) is 6.00. The number of carbonyl (C=O) groups excluding carboxylic acids is 1. The number of nitrogens with one attached hydrogen (secondary N) is 1. The van der Waals surface area contributed by atoms with Gasteiger partial charge in [-0.3, -0.25) is 4.79 Å². The zero-order chi connectivity index (χ0) is 11.1. The van der Waals surface area contributed by atoms with Crippen molar-refractivity contribution in [3.8, 4) is 0 Å². The molecule has 3 nitrogen and oxygen atoms in total. The maximum Gasteiger partial charge on any atom is 0.226 e. The van der Waals surface area contributed by atoms with Crippen LogP contribution in [-0.2, 0) is 4.79 Å². The highest BCUT2D eigenvalue weighted by atomic mass is 16.2. The Balaban J connectivity index is 1.91. The van der Waals surface area contributed by atoms with Crippen LogP contribution in [0.25, 0.3) is 0 Å². The van der Waals surface area contributed by atoms with Gasteiger partial charge in [-0.15, -0.1) is 0 Å². The van der Waals surface area contributed by atoms with E-state index >= 15 is 0 Å². The number of nitrogens with zero attached hydrogens (tertiary/aromatic N) is 1. The topological polar surface area (TPSA) is 32.3 Å². The number of amides is 1. The van der Waals surface area contributed by atoms with Crippen molar-refractivity contribution in [3.05, 3.63) is 0 Å². The fourth-order valence-electron chi connectivity index (χ4n) is 2.52. The highest BCUT2D eigenvalue weighted by Gasteiger charge is 2.52. The van der Waals surface area contributed by atoms with E-state index in [1.54, 1.807) is 0 Å². The van der Waals surface area contributed by atoms with Crippen molar-refractivity contribution in [1.82, 2.24) is 10.2 Å². The molecule has 15 heavy (non-hydrogen) atoms. The molecule has 0 aromatic rings. The highest BCUT2D eigenvalue weighted by Crippen LogP contribution is 2.52. The van der Waals surface area contributed by atoms with Gasteiger partial charge in [0.15, 0.2) is 0 Å². The van der Waals surface area contributed by atoms with Crippen molar-refractivity contribution in [1.29, 1.82) is 0 Å². The van der Waals surface area contributed by atoms with Crippen LogP contribution in [0.2, 0.25) is 0 Å². The molecule has 1 saturated carbocycles. The largest absolute Gasteiger partial charge is 0.341 e. The van der Waals surface area contributed by atoms with Gasteiger partial charge >= 0.3 is 0 Å². The van der Waals surface area contributed by atoms with E-state index in [2.05, 4.69) is 24.1 Å². The van der Waals surface area contributed by atoms with Crippen LogP contribution in [0.3, 0.4) is 0 Å². The van der Waals surface area contributed by atoms with Crippen LogP contribution in [0, 0.1) is 11.3 Å². The van der Waals surface area contributed by atoms with Gasteiger partial charge in [0.1, 0.15) is 0 Å². The summed E-state index contributed by atoms with van der Waals surface area (Å²) in [6, 6.07) is 0.504. The summed E-state index contributed by atoms with van der Waals surface area (Å²) in [5, 5.41) is 3.27. The average Bonchev–Trinajstić information content (AvgIpc) is 2.87. The summed E-state index contributed by atoms with van der Waals surface area (Å²) in [5.74, 6) is 0.688. The van der Waals surface area contributed by atoms with Crippen LogP contribution in [0.1, 0.15) is 33.1 Å². The fraction of sp³-hybridized carbons (Fsp3) is 0.917. The first-order chi connectivity index (χ1) is 7.04. The first kappa shape index (κ1) is 10.9. The van der Waals surface area contributed by atoms with Gasteiger partial charge in [0.05, 0.1) is 0 Å². The second-order valence-electron chi connectivity index (χ2n) is 5.66. The molecule has 2 rings (SSSR count). The van der Waals surface area contributed by atoms with Crippen molar-refractivity contribution in [2.75, 3.05) is 20.1 Å². The van der Waals surface area contributed by atoms with E-state index in [0.29, 0.717) is 17.9 Å². The number of likely N-dealkylation sites (tertiary alicyclic amines) is 1. The van der Waals surface area contributed by atoms with Crippen LogP contribution >= 0.6 is 0 Å². The second-order valence-corrected chi connectivity index (χ2v) is 5.66. The number of likely N-dealkylation sites (N-methyl/N-ethyl adjacent to an activating group) is 1. The Hall–Kier alpha value is -0.570. The normalized spacial score (nSPS) is 33.9. The molecule has 0 aromatic heterocycles. The molecule has 0 spiro atoms. The first-order valence-electron chi connectivity index (χ1n) is 6.00. The number of piperidine rings is 1. The Morgan fingerprint density at radius 1 is 1.47 bits per heavy atom. The van der Waals surface area contributed by atoms with Crippen molar-refractivity contribution in [2.45, 2.75) is 39.2 Å². The summed E-state index contributed by atoms with van der Waals surface area (Å²) < 4.78 is 0. The molecule has 1 saturated heterocycles. The van der Waals surface area contributed by atoms with Crippen LogP contribution in [-0.4, -0.2) is 37.0 Å². The number of rotatable bonds is 2. The SMILES string of the molecule is CNC1CCCN(C(=O)C2CC2(C)C)C1. The molecule has 1 N–H and O–H groups in total. The Bertz CT molecular complexity index is 262. The molecule has 86 valence electrons. The maximum atomic E-state index is 12.1. The lowest BCUT2D eigenvalue weighted by atomic mass is 10.0. The molecule has 1 aliphatic heterocycles. The van der Waals surface area contributed by atoms with Gasteiger partial charge in [0.25, 0.3) is 0 Å². The molecule has 3 heteroatoms. The van der Waals surface area contributed by atoms with Crippen LogP contribution in [0.4, 0.5) is 0 Å². The van der Waals surface area contributed by atoms with E-state index in [1.807, 2.05) is 7.05 Å². The molecule has 2 unspecified atom stereocenters. The monoisotopic (exact) mass is 210 g/mol. The summed E-state index contributed by atoms with van der Waals surface area (Å²) >= 11 is 0. The van der Waals surface area contributed by atoms with E-state index in [4.69, 9.17) is 0 Å². The van der Waals surface area contributed by atoms with E-state index in [0.717, 1.165) is 25.9 Å². The van der Waals surface area contributed by atoms with Crippen molar-refractivity contribution in [2.24, 2.45) is 11.3 Å². The van der Waals surface area contributed by atoms with Gasteiger partial charge in [0, 0.05) is 25.0 Å². The summed E-state index contributed by atoms with van der Waals surface area (Å²) in [6.07, 6.45) is 3.42. The van der Waals surface area contributed by atoms with Gasteiger partial charge in [-0.2, -0.15) is 0 Å². The zero-order valence-electron chi connectivity index (χ0n) is 10.0. The third-order valence-corrected chi connectivity index (χ3v) is 3.95. The van der Waals surface area contributed by atoms with E-state index < -0.39 is 0 Å². The predicted octanol–water partition coefficient (Wildman–Crippen LogP) is 1.24. The molecule has 0 aromatic carbocycles.